The van der Waals surface area contributed by atoms with Crippen LogP contribution >= 0.6 is 0 Å². The molecule has 0 heterocycles. The molecule has 0 bridgehead atoms. The molecule has 2 N–H and O–H groups in total. The zero-order valence-electron chi connectivity index (χ0n) is 13.5. The first kappa shape index (κ1) is 17.8. The minimum absolute atomic E-state index is 0.0916. The summed E-state index contributed by atoms with van der Waals surface area (Å²) in [6, 6.07) is 0.105. The van der Waals surface area contributed by atoms with Crippen molar-refractivity contribution < 1.29 is 19.1 Å². The Morgan fingerprint density at radius 3 is 2.57 bits per heavy atom. The van der Waals surface area contributed by atoms with Crippen LogP contribution < -0.4 is 10.6 Å². The Balaban J connectivity index is 2.33. The monoisotopic (exact) mass is 300 g/mol. The van der Waals surface area contributed by atoms with Crippen molar-refractivity contribution in [3.63, 3.8) is 0 Å². The van der Waals surface area contributed by atoms with Gasteiger partial charge in [-0.25, -0.2) is 4.79 Å². The average molecular weight is 300 g/mol. The fraction of sp³-hybridized carbons (Fsp3) is 0.867. The molecular formula is C15H28N2O4. The Morgan fingerprint density at radius 1 is 1.24 bits per heavy atom. The van der Waals surface area contributed by atoms with Crippen LogP contribution in [0.25, 0.3) is 0 Å². The number of rotatable bonds is 6. The quantitative estimate of drug-likeness (QED) is 0.784. The lowest BCUT2D eigenvalue weighted by Gasteiger charge is -2.23. The molecule has 0 aromatic heterocycles. The van der Waals surface area contributed by atoms with Crippen molar-refractivity contribution in [2.75, 3.05) is 19.8 Å². The molecule has 0 radical (unpaired) electrons. The first-order valence-electron chi connectivity index (χ1n) is 7.65. The van der Waals surface area contributed by atoms with Gasteiger partial charge in [-0.15, -0.1) is 0 Å². The highest BCUT2D eigenvalue weighted by molar-refractivity contribution is 5.77. The van der Waals surface area contributed by atoms with E-state index in [1.54, 1.807) is 0 Å². The van der Waals surface area contributed by atoms with Crippen LogP contribution in [0, 0.1) is 5.92 Å². The van der Waals surface area contributed by atoms with Crippen LogP contribution in [0.4, 0.5) is 4.79 Å². The van der Waals surface area contributed by atoms with Gasteiger partial charge in [-0.3, -0.25) is 4.79 Å². The number of carbonyl (C=O) groups excluding carboxylic acids is 2. The summed E-state index contributed by atoms with van der Waals surface area (Å²) in [4.78, 5) is 23.3. The van der Waals surface area contributed by atoms with E-state index in [4.69, 9.17) is 9.47 Å². The van der Waals surface area contributed by atoms with Gasteiger partial charge in [-0.1, -0.05) is 6.42 Å². The second kappa shape index (κ2) is 8.22. The molecule has 0 saturated heterocycles. The fourth-order valence-electron chi connectivity index (χ4n) is 2.44. The van der Waals surface area contributed by atoms with Gasteiger partial charge in [0, 0.05) is 19.2 Å². The van der Waals surface area contributed by atoms with Crippen molar-refractivity contribution in [2.24, 2.45) is 5.92 Å². The van der Waals surface area contributed by atoms with Crippen molar-refractivity contribution in [1.29, 1.82) is 0 Å². The zero-order chi connectivity index (χ0) is 15.9. The fourth-order valence-corrected chi connectivity index (χ4v) is 2.44. The Kier molecular flexibility index (Phi) is 6.95. The molecule has 0 aromatic rings. The maximum atomic E-state index is 11.7. The van der Waals surface area contributed by atoms with Gasteiger partial charge in [0.1, 0.15) is 12.2 Å². The molecule has 1 saturated carbocycles. The van der Waals surface area contributed by atoms with E-state index in [1.807, 2.05) is 27.7 Å². The molecule has 21 heavy (non-hydrogen) atoms. The van der Waals surface area contributed by atoms with Crippen LogP contribution in [-0.2, 0) is 14.3 Å². The van der Waals surface area contributed by atoms with Gasteiger partial charge in [0.05, 0.1) is 0 Å². The van der Waals surface area contributed by atoms with E-state index in [9.17, 15) is 9.59 Å². The van der Waals surface area contributed by atoms with Crippen LogP contribution in [0.1, 0.15) is 47.0 Å². The molecule has 6 heteroatoms. The van der Waals surface area contributed by atoms with Gasteiger partial charge >= 0.3 is 6.09 Å². The molecule has 0 spiro atoms. The largest absolute Gasteiger partial charge is 0.444 e. The maximum Gasteiger partial charge on any atom is 0.407 e. The highest BCUT2D eigenvalue weighted by Crippen LogP contribution is 2.25. The van der Waals surface area contributed by atoms with E-state index in [-0.39, 0.29) is 24.5 Å². The zero-order valence-corrected chi connectivity index (χ0v) is 13.5. The molecule has 1 rings (SSSR count). The molecule has 2 unspecified atom stereocenters. The van der Waals surface area contributed by atoms with Gasteiger partial charge in [0.2, 0.25) is 5.91 Å². The summed E-state index contributed by atoms with van der Waals surface area (Å²) in [5.74, 6) is 0.161. The number of nitrogens with one attached hydrogen (secondary N) is 2. The van der Waals surface area contributed by atoms with E-state index in [2.05, 4.69) is 10.6 Å². The average Bonchev–Trinajstić information content (AvgIpc) is 2.79. The highest BCUT2D eigenvalue weighted by atomic mass is 16.6. The summed E-state index contributed by atoms with van der Waals surface area (Å²) in [6.45, 7) is 8.50. The van der Waals surface area contributed by atoms with E-state index in [1.165, 1.54) is 0 Å². The normalized spacial score (nSPS) is 21.9. The molecule has 0 aliphatic heterocycles. The van der Waals surface area contributed by atoms with Crippen molar-refractivity contribution in [2.45, 2.75) is 58.6 Å². The molecule has 6 nitrogen and oxygen atoms in total. The first-order chi connectivity index (χ1) is 9.81. The van der Waals surface area contributed by atoms with Crippen LogP contribution in [0.5, 0.6) is 0 Å². The third-order valence-electron chi connectivity index (χ3n) is 3.35. The van der Waals surface area contributed by atoms with Crippen LogP contribution in [0.2, 0.25) is 0 Å². The summed E-state index contributed by atoms with van der Waals surface area (Å²) in [5, 5.41) is 5.76. The van der Waals surface area contributed by atoms with Crippen molar-refractivity contribution in [3.05, 3.63) is 0 Å². The lowest BCUT2D eigenvalue weighted by molar-refractivity contribution is -0.126. The SMILES string of the molecule is CCOCC(=O)NC1CCCC1CNC(=O)OC(C)(C)C. The second-order valence-corrected chi connectivity index (χ2v) is 6.38. The lowest BCUT2D eigenvalue weighted by atomic mass is 10.0. The number of amides is 2. The molecule has 1 aliphatic rings. The topological polar surface area (TPSA) is 76.7 Å². The molecule has 2 amide bonds. The minimum Gasteiger partial charge on any atom is -0.444 e. The van der Waals surface area contributed by atoms with E-state index in [0.717, 1.165) is 19.3 Å². The molecule has 1 aliphatic carbocycles. The standard InChI is InChI=1S/C15H28N2O4/c1-5-20-10-13(18)17-12-8-6-7-11(12)9-16-14(19)21-15(2,3)4/h11-12H,5-10H2,1-4H3,(H,16,19)(H,17,18). The predicted molar refractivity (Wildman–Crippen MR) is 80.0 cm³/mol. The second-order valence-electron chi connectivity index (χ2n) is 6.38. The first-order valence-corrected chi connectivity index (χ1v) is 7.65. The minimum atomic E-state index is -0.495. The maximum absolute atomic E-state index is 11.7. The summed E-state index contributed by atoms with van der Waals surface area (Å²) in [6.07, 6.45) is 2.59. The number of alkyl carbamates (subject to hydrolysis) is 1. The summed E-state index contributed by atoms with van der Waals surface area (Å²) in [7, 11) is 0. The van der Waals surface area contributed by atoms with Gasteiger partial charge in [0.25, 0.3) is 0 Å². The van der Waals surface area contributed by atoms with Crippen molar-refractivity contribution >= 4 is 12.0 Å². The van der Waals surface area contributed by atoms with Crippen LogP contribution in [-0.4, -0.2) is 43.4 Å². The van der Waals surface area contributed by atoms with Crippen LogP contribution in [0.3, 0.4) is 0 Å². The van der Waals surface area contributed by atoms with E-state index in [0.29, 0.717) is 13.2 Å². The van der Waals surface area contributed by atoms with Gasteiger partial charge < -0.3 is 20.1 Å². The lowest BCUT2D eigenvalue weighted by Crippen LogP contribution is -2.44. The predicted octanol–water partition coefficient (Wildman–Crippen LogP) is 1.83. The van der Waals surface area contributed by atoms with Crippen molar-refractivity contribution in [3.8, 4) is 0 Å². The summed E-state index contributed by atoms with van der Waals surface area (Å²) >= 11 is 0. The van der Waals surface area contributed by atoms with Crippen molar-refractivity contribution in [1.82, 2.24) is 10.6 Å². The molecule has 0 aromatic carbocycles. The van der Waals surface area contributed by atoms with E-state index >= 15 is 0 Å². The summed E-state index contributed by atoms with van der Waals surface area (Å²) in [5.41, 5.74) is -0.495. The van der Waals surface area contributed by atoms with Gasteiger partial charge in [-0.2, -0.15) is 0 Å². The Hall–Kier alpha value is -1.30. The number of ether oxygens (including phenoxy) is 2. The molecule has 2 atom stereocenters. The molecule has 1 fully saturated rings. The van der Waals surface area contributed by atoms with Gasteiger partial charge in [0.15, 0.2) is 0 Å². The number of carbonyl (C=O) groups is 2. The Morgan fingerprint density at radius 2 is 1.95 bits per heavy atom. The Labute approximate surface area is 126 Å². The third kappa shape index (κ3) is 7.32. The molecular weight excluding hydrogens is 272 g/mol. The van der Waals surface area contributed by atoms with Gasteiger partial charge in [-0.05, 0) is 46.5 Å². The third-order valence-corrected chi connectivity index (χ3v) is 3.35. The number of hydrogen-bond acceptors (Lipinski definition) is 4. The summed E-state index contributed by atoms with van der Waals surface area (Å²) < 4.78 is 10.3. The Bertz CT molecular complexity index is 352. The molecule has 122 valence electrons. The van der Waals surface area contributed by atoms with E-state index < -0.39 is 11.7 Å². The highest BCUT2D eigenvalue weighted by Gasteiger charge is 2.29. The number of hydrogen-bond donors (Lipinski definition) is 2. The van der Waals surface area contributed by atoms with Crippen LogP contribution in [0.15, 0.2) is 0 Å². The smallest absolute Gasteiger partial charge is 0.407 e.